The first-order valence-electron chi connectivity index (χ1n) is 8.58. The highest BCUT2D eigenvalue weighted by molar-refractivity contribution is 6.00. The molecule has 1 N–H and O–H groups in total. The van der Waals surface area contributed by atoms with Crippen LogP contribution in [0.3, 0.4) is 0 Å². The maximum absolute atomic E-state index is 9.97. The number of fused-ring (bicyclic) bond motifs is 1. The van der Waals surface area contributed by atoms with Gasteiger partial charge in [-0.15, -0.1) is 0 Å². The molecule has 0 amide bonds. The molecule has 4 heteroatoms. The smallest absolute Gasteiger partial charge is 0.189 e. The van der Waals surface area contributed by atoms with Gasteiger partial charge in [0.15, 0.2) is 5.41 Å². The molecule has 0 saturated heterocycles. The van der Waals surface area contributed by atoms with Gasteiger partial charge < -0.3 is 5.41 Å². The van der Waals surface area contributed by atoms with Crippen LogP contribution in [0.15, 0.2) is 29.8 Å². The fourth-order valence-corrected chi connectivity index (χ4v) is 4.45. The number of benzene rings is 1. The Morgan fingerprint density at radius 3 is 2.52 bits per heavy atom. The number of nitrogens with zero attached hydrogens (tertiary/aromatic N) is 3. The third kappa shape index (κ3) is 2.36. The Kier molecular flexibility index (Phi) is 4.20. The van der Waals surface area contributed by atoms with Crippen molar-refractivity contribution in [3.63, 3.8) is 0 Å². The number of rotatable bonds is 1. The normalized spacial score (nSPS) is 27.2. The highest BCUT2D eigenvalue weighted by atomic mass is 14.6. The number of nitrogens with one attached hydrogen (secondary N) is 1. The molecule has 0 bridgehead atoms. The van der Waals surface area contributed by atoms with Crippen LogP contribution >= 0.6 is 0 Å². The fourth-order valence-electron chi connectivity index (χ4n) is 4.45. The molecule has 1 aromatic carbocycles. The summed E-state index contributed by atoms with van der Waals surface area (Å²) in [4.78, 5) is 0. The average Bonchev–Trinajstić information content (AvgIpc) is 2.63. The van der Waals surface area contributed by atoms with E-state index in [2.05, 4.69) is 24.3 Å². The molecule has 124 valence electrons. The Balaban J connectivity index is 2.31. The van der Waals surface area contributed by atoms with Crippen LogP contribution < -0.4 is 0 Å². The van der Waals surface area contributed by atoms with Crippen LogP contribution in [0.25, 0.3) is 0 Å². The predicted octanol–water partition coefficient (Wildman–Crippen LogP) is 4.32. The molecule has 2 aliphatic rings. The van der Waals surface area contributed by atoms with Crippen LogP contribution in [-0.2, 0) is 0 Å². The summed E-state index contributed by atoms with van der Waals surface area (Å²) in [6, 6.07) is 12.5. The lowest BCUT2D eigenvalue weighted by molar-refractivity contribution is 0.319. The van der Waals surface area contributed by atoms with Crippen LogP contribution in [0, 0.1) is 70.5 Å². The van der Waals surface area contributed by atoms with E-state index in [9.17, 15) is 15.8 Å². The van der Waals surface area contributed by atoms with E-state index < -0.39 is 17.3 Å². The number of nitriles is 3. The molecule has 1 fully saturated rings. The lowest BCUT2D eigenvalue weighted by Crippen LogP contribution is -2.49. The van der Waals surface area contributed by atoms with Gasteiger partial charge in [-0.25, -0.2) is 0 Å². The zero-order valence-corrected chi connectivity index (χ0v) is 14.5. The lowest BCUT2D eigenvalue weighted by Gasteiger charge is -2.46. The Morgan fingerprint density at radius 1 is 1.16 bits per heavy atom. The molecular formula is C21H20N4. The van der Waals surface area contributed by atoms with Crippen LogP contribution in [0.4, 0.5) is 0 Å². The molecule has 1 saturated carbocycles. The van der Waals surface area contributed by atoms with E-state index in [1.54, 1.807) is 0 Å². The van der Waals surface area contributed by atoms with Gasteiger partial charge in [-0.3, -0.25) is 0 Å². The summed E-state index contributed by atoms with van der Waals surface area (Å²) in [6.45, 7) is 3.98. The first-order valence-corrected chi connectivity index (χ1v) is 8.58. The van der Waals surface area contributed by atoms with Crippen molar-refractivity contribution in [2.24, 2.45) is 17.3 Å². The van der Waals surface area contributed by atoms with E-state index in [-0.39, 0.29) is 11.6 Å². The molecule has 3 atom stereocenters. The third-order valence-electron chi connectivity index (χ3n) is 5.69. The van der Waals surface area contributed by atoms with Crippen LogP contribution in [-0.4, -0.2) is 5.71 Å². The highest BCUT2D eigenvalue weighted by Crippen LogP contribution is 2.55. The molecule has 2 aliphatic carbocycles. The standard InChI is InChI=1S/C21H20N4/c1-13-7-8-14(2)17(9-13)19-16-6-4-3-5-15(16)18(10-22)20(25)21(19,11-23)12-24/h5,7-9,16,18-19,25H,3-4,6H2,1-2H3/t16-,18+,19+/m0/s1. The minimum absolute atomic E-state index is 0.0349. The highest BCUT2D eigenvalue weighted by Gasteiger charge is 2.57. The molecule has 25 heavy (non-hydrogen) atoms. The minimum Gasteiger partial charge on any atom is -0.305 e. The molecule has 0 heterocycles. The molecule has 0 radical (unpaired) electrons. The number of hydrogen-bond acceptors (Lipinski definition) is 4. The number of allylic oxidation sites excluding steroid dienone is 2. The van der Waals surface area contributed by atoms with E-state index in [1.807, 2.05) is 32.0 Å². The maximum atomic E-state index is 9.97. The maximum Gasteiger partial charge on any atom is 0.189 e. The Morgan fingerprint density at radius 2 is 1.88 bits per heavy atom. The molecule has 0 spiro atoms. The summed E-state index contributed by atoms with van der Waals surface area (Å²) in [5, 5.41) is 38.1. The van der Waals surface area contributed by atoms with Crippen molar-refractivity contribution in [3.8, 4) is 18.2 Å². The second-order valence-corrected chi connectivity index (χ2v) is 7.09. The van der Waals surface area contributed by atoms with Crippen LogP contribution in [0.5, 0.6) is 0 Å². The van der Waals surface area contributed by atoms with E-state index in [4.69, 9.17) is 5.41 Å². The Labute approximate surface area is 148 Å². The van der Waals surface area contributed by atoms with Crippen molar-refractivity contribution >= 4 is 5.71 Å². The summed E-state index contributed by atoms with van der Waals surface area (Å²) in [7, 11) is 0. The lowest BCUT2D eigenvalue weighted by atomic mass is 9.53. The molecule has 0 aromatic heterocycles. The SMILES string of the molecule is Cc1ccc(C)c([C@H]2[C@H]3CCCC=C3[C@@H](C#N)C(=N)C2(C#N)C#N)c1. The van der Waals surface area contributed by atoms with Crippen molar-refractivity contribution < 1.29 is 0 Å². The summed E-state index contributed by atoms with van der Waals surface area (Å²) in [5.41, 5.74) is 2.35. The first-order chi connectivity index (χ1) is 12.0. The first kappa shape index (κ1) is 16.9. The van der Waals surface area contributed by atoms with Gasteiger partial charge in [0.2, 0.25) is 0 Å². The molecular weight excluding hydrogens is 308 g/mol. The van der Waals surface area contributed by atoms with Gasteiger partial charge in [-0.2, -0.15) is 15.8 Å². The summed E-state index contributed by atoms with van der Waals surface area (Å²) >= 11 is 0. The van der Waals surface area contributed by atoms with Crippen molar-refractivity contribution in [1.82, 2.24) is 0 Å². The van der Waals surface area contributed by atoms with E-state index in [0.717, 1.165) is 41.5 Å². The predicted molar refractivity (Wildman–Crippen MR) is 94.6 cm³/mol. The summed E-state index contributed by atoms with van der Waals surface area (Å²) in [6.07, 6.45) is 4.78. The molecule has 0 unspecified atom stereocenters. The number of hydrogen-bond donors (Lipinski definition) is 1. The van der Waals surface area contributed by atoms with Crippen molar-refractivity contribution in [3.05, 3.63) is 46.5 Å². The van der Waals surface area contributed by atoms with Crippen LogP contribution in [0.1, 0.15) is 41.9 Å². The number of aryl methyl sites for hydroxylation is 2. The zero-order chi connectivity index (χ0) is 18.2. The van der Waals surface area contributed by atoms with Crippen molar-refractivity contribution in [2.45, 2.75) is 39.0 Å². The van der Waals surface area contributed by atoms with Gasteiger partial charge >= 0.3 is 0 Å². The van der Waals surface area contributed by atoms with E-state index in [0.29, 0.717) is 0 Å². The third-order valence-corrected chi connectivity index (χ3v) is 5.69. The monoisotopic (exact) mass is 328 g/mol. The van der Waals surface area contributed by atoms with E-state index >= 15 is 0 Å². The quantitative estimate of drug-likeness (QED) is 0.777. The van der Waals surface area contributed by atoms with Gasteiger partial charge in [0.25, 0.3) is 0 Å². The van der Waals surface area contributed by atoms with Gasteiger partial charge in [-0.05, 0) is 55.7 Å². The van der Waals surface area contributed by atoms with Crippen molar-refractivity contribution in [1.29, 1.82) is 21.2 Å². The van der Waals surface area contributed by atoms with Gasteiger partial charge in [0.1, 0.15) is 5.92 Å². The molecule has 1 aromatic rings. The average molecular weight is 328 g/mol. The van der Waals surface area contributed by atoms with Gasteiger partial charge in [0, 0.05) is 5.92 Å². The zero-order valence-electron chi connectivity index (χ0n) is 14.5. The second kappa shape index (κ2) is 6.19. The Hall–Kier alpha value is -2.90. The van der Waals surface area contributed by atoms with Gasteiger partial charge in [-0.1, -0.05) is 29.8 Å². The topological polar surface area (TPSA) is 95.2 Å². The fraction of sp³-hybridized carbons (Fsp3) is 0.429. The van der Waals surface area contributed by atoms with E-state index in [1.165, 1.54) is 0 Å². The largest absolute Gasteiger partial charge is 0.305 e. The van der Waals surface area contributed by atoms with Crippen molar-refractivity contribution in [2.75, 3.05) is 0 Å². The molecule has 4 nitrogen and oxygen atoms in total. The summed E-state index contributed by atoms with van der Waals surface area (Å²) < 4.78 is 0. The Bertz CT molecular complexity index is 874. The summed E-state index contributed by atoms with van der Waals surface area (Å²) in [5.74, 6) is -1.19. The minimum atomic E-state index is -1.59. The van der Waals surface area contributed by atoms with Gasteiger partial charge in [0.05, 0.1) is 23.9 Å². The molecule has 3 rings (SSSR count). The van der Waals surface area contributed by atoms with Crippen LogP contribution in [0.2, 0.25) is 0 Å². The molecule has 0 aliphatic heterocycles. The second-order valence-electron chi connectivity index (χ2n) is 7.09.